The van der Waals surface area contributed by atoms with E-state index in [-0.39, 0.29) is 17.3 Å². The molecule has 1 N–H and O–H groups in total. The first kappa shape index (κ1) is 20.5. The summed E-state index contributed by atoms with van der Waals surface area (Å²) in [6, 6.07) is -0.0910. The van der Waals surface area contributed by atoms with Crippen molar-refractivity contribution in [2.45, 2.75) is 46.1 Å². The van der Waals surface area contributed by atoms with Gasteiger partial charge in [-0.2, -0.15) is 4.31 Å². The van der Waals surface area contributed by atoms with Crippen molar-refractivity contribution in [3.63, 3.8) is 0 Å². The van der Waals surface area contributed by atoms with Gasteiger partial charge in [-0.05, 0) is 46.1 Å². The van der Waals surface area contributed by atoms with Gasteiger partial charge in [0.25, 0.3) is 0 Å². The molecule has 1 unspecified atom stereocenters. The molecule has 0 aromatic carbocycles. The highest BCUT2D eigenvalue weighted by atomic mass is 32.2. The van der Waals surface area contributed by atoms with E-state index in [1.807, 2.05) is 0 Å². The predicted octanol–water partition coefficient (Wildman–Crippen LogP) is 1.17. The highest BCUT2D eigenvalue weighted by molar-refractivity contribution is 7.89. The van der Waals surface area contributed by atoms with Gasteiger partial charge in [-0.3, -0.25) is 4.90 Å². The fraction of sp³-hybridized carbons (Fsp3) is 0.941. The second-order valence-corrected chi connectivity index (χ2v) is 10.2. The highest BCUT2D eigenvalue weighted by Crippen LogP contribution is 2.23. The number of rotatable bonds is 5. The molecular formula is C17H34N4O3S. The molecule has 2 heterocycles. The molecule has 8 heteroatoms. The number of piperidine rings is 1. The Balaban J connectivity index is 1.81. The third kappa shape index (κ3) is 5.31. The van der Waals surface area contributed by atoms with E-state index < -0.39 is 10.0 Å². The molecule has 2 aliphatic rings. The number of urea groups is 1. The zero-order valence-electron chi connectivity index (χ0n) is 16.1. The van der Waals surface area contributed by atoms with Gasteiger partial charge in [0.2, 0.25) is 10.0 Å². The first-order chi connectivity index (χ1) is 11.7. The highest BCUT2D eigenvalue weighted by Gasteiger charge is 2.32. The zero-order chi connectivity index (χ0) is 18.7. The maximum Gasteiger partial charge on any atom is 0.317 e. The summed E-state index contributed by atoms with van der Waals surface area (Å²) in [5.74, 6) is 0.819. The summed E-state index contributed by atoms with van der Waals surface area (Å²) in [5.41, 5.74) is -0.0717. The van der Waals surface area contributed by atoms with Crippen LogP contribution in [0.2, 0.25) is 0 Å². The fourth-order valence-corrected chi connectivity index (χ4v) is 4.69. The molecule has 1 atom stereocenters. The second-order valence-electron chi connectivity index (χ2n) is 7.95. The van der Waals surface area contributed by atoms with Crippen LogP contribution in [0.3, 0.4) is 0 Å². The van der Waals surface area contributed by atoms with Gasteiger partial charge in [0.15, 0.2) is 0 Å². The summed E-state index contributed by atoms with van der Waals surface area (Å²) in [6.45, 7) is 12.7. The minimum absolute atomic E-state index is 0.0717. The van der Waals surface area contributed by atoms with Crippen molar-refractivity contribution >= 4 is 16.1 Å². The van der Waals surface area contributed by atoms with E-state index in [2.05, 4.69) is 31.0 Å². The van der Waals surface area contributed by atoms with Crippen LogP contribution in [0.5, 0.6) is 0 Å². The van der Waals surface area contributed by atoms with E-state index in [4.69, 9.17) is 0 Å². The first-order valence-electron chi connectivity index (χ1n) is 9.41. The number of carbonyl (C=O) groups is 1. The smallest absolute Gasteiger partial charge is 0.317 e. The average Bonchev–Trinajstić information content (AvgIpc) is 2.60. The predicted molar refractivity (Wildman–Crippen MR) is 100 cm³/mol. The Morgan fingerprint density at radius 3 is 2.36 bits per heavy atom. The standard InChI is InChI=1S/C17H34N4O3S/c1-5-25(23,24)21-11-9-19(10-12-21)16(22)18-14-17(3,4)20-8-6-7-15(2)13-20/h15H,5-14H2,1-4H3,(H,18,22). The maximum atomic E-state index is 12.4. The summed E-state index contributed by atoms with van der Waals surface area (Å²) in [6.07, 6.45) is 2.50. The topological polar surface area (TPSA) is 73.0 Å². The Hall–Kier alpha value is -0.860. The molecule has 2 amide bonds. The summed E-state index contributed by atoms with van der Waals surface area (Å²) in [7, 11) is -3.16. The van der Waals surface area contributed by atoms with E-state index in [1.54, 1.807) is 11.8 Å². The van der Waals surface area contributed by atoms with Crippen LogP contribution in [0.1, 0.15) is 40.5 Å². The molecule has 0 bridgehead atoms. The summed E-state index contributed by atoms with van der Waals surface area (Å²) in [5, 5.41) is 3.05. The van der Waals surface area contributed by atoms with Crippen molar-refractivity contribution in [2.24, 2.45) is 5.92 Å². The Kier molecular flexibility index (Phi) is 6.73. The molecule has 2 saturated heterocycles. The van der Waals surface area contributed by atoms with E-state index >= 15 is 0 Å². The van der Waals surface area contributed by atoms with Gasteiger partial charge < -0.3 is 10.2 Å². The molecular weight excluding hydrogens is 340 g/mol. The monoisotopic (exact) mass is 374 g/mol. The molecule has 0 aromatic rings. The maximum absolute atomic E-state index is 12.4. The third-order valence-electron chi connectivity index (χ3n) is 5.47. The molecule has 2 fully saturated rings. The van der Waals surface area contributed by atoms with Crippen LogP contribution >= 0.6 is 0 Å². The number of carbonyl (C=O) groups excluding carboxylic acids is 1. The number of nitrogens with one attached hydrogen (secondary N) is 1. The molecule has 0 radical (unpaired) electrons. The molecule has 2 rings (SSSR count). The lowest BCUT2D eigenvalue weighted by molar-refractivity contribution is 0.0705. The third-order valence-corrected chi connectivity index (χ3v) is 7.35. The number of likely N-dealkylation sites (tertiary alicyclic amines) is 1. The van der Waals surface area contributed by atoms with Gasteiger partial charge in [0.05, 0.1) is 5.75 Å². The normalized spacial score (nSPS) is 24.3. The van der Waals surface area contributed by atoms with Crippen molar-refractivity contribution < 1.29 is 13.2 Å². The van der Waals surface area contributed by atoms with Crippen molar-refractivity contribution in [3.8, 4) is 0 Å². The Morgan fingerprint density at radius 2 is 1.80 bits per heavy atom. The summed E-state index contributed by atoms with van der Waals surface area (Å²) >= 11 is 0. The molecule has 0 aromatic heterocycles. The lowest BCUT2D eigenvalue weighted by Crippen LogP contribution is -2.58. The molecule has 0 spiro atoms. The second kappa shape index (κ2) is 8.22. The van der Waals surface area contributed by atoms with E-state index in [0.29, 0.717) is 38.6 Å². The molecule has 0 saturated carbocycles. The Morgan fingerprint density at radius 1 is 1.16 bits per heavy atom. The zero-order valence-corrected chi connectivity index (χ0v) is 16.9. The van der Waals surface area contributed by atoms with Gasteiger partial charge in [-0.1, -0.05) is 6.92 Å². The fourth-order valence-electron chi connectivity index (χ4n) is 3.61. The molecule has 146 valence electrons. The van der Waals surface area contributed by atoms with E-state index in [9.17, 15) is 13.2 Å². The number of hydrogen-bond acceptors (Lipinski definition) is 4. The van der Waals surface area contributed by atoms with Crippen LogP contribution in [0.4, 0.5) is 4.79 Å². The summed E-state index contributed by atoms with van der Waals surface area (Å²) in [4.78, 5) is 16.6. The van der Waals surface area contributed by atoms with Crippen LogP contribution in [-0.2, 0) is 10.0 Å². The lowest BCUT2D eigenvalue weighted by Gasteiger charge is -2.43. The molecule has 2 aliphatic heterocycles. The number of amides is 2. The quantitative estimate of drug-likeness (QED) is 0.784. The minimum Gasteiger partial charge on any atom is -0.336 e. The molecule has 7 nitrogen and oxygen atoms in total. The average molecular weight is 375 g/mol. The van der Waals surface area contributed by atoms with Crippen LogP contribution < -0.4 is 5.32 Å². The van der Waals surface area contributed by atoms with Crippen LogP contribution in [0, 0.1) is 5.92 Å². The first-order valence-corrected chi connectivity index (χ1v) is 11.0. The number of sulfonamides is 1. The van der Waals surface area contributed by atoms with Crippen molar-refractivity contribution in [2.75, 3.05) is 51.6 Å². The van der Waals surface area contributed by atoms with Gasteiger partial charge in [0.1, 0.15) is 0 Å². The largest absolute Gasteiger partial charge is 0.336 e. The Labute approximate surface area is 152 Å². The van der Waals surface area contributed by atoms with Crippen molar-refractivity contribution in [1.29, 1.82) is 0 Å². The minimum atomic E-state index is -3.16. The summed E-state index contributed by atoms with van der Waals surface area (Å²) < 4.78 is 25.3. The molecule has 0 aliphatic carbocycles. The lowest BCUT2D eigenvalue weighted by atomic mass is 9.93. The van der Waals surface area contributed by atoms with Gasteiger partial charge in [-0.25, -0.2) is 13.2 Å². The van der Waals surface area contributed by atoms with Gasteiger partial charge >= 0.3 is 6.03 Å². The van der Waals surface area contributed by atoms with Crippen LogP contribution in [-0.4, -0.2) is 85.7 Å². The van der Waals surface area contributed by atoms with E-state index in [0.717, 1.165) is 13.1 Å². The van der Waals surface area contributed by atoms with Crippen LogP contribution in [0.15, 0.2) is 0 Å². The van der Waals surface area contributed by atoms with Gasteiger partial charge in [0, 0.05) is 44.8 Å². The Bertz CT molecular complexity index is 556. The van der Waals surface area contributed by atoms with Crippen molar-refractivity contribution in [3.05, 3.63) is 0 Å². The van der Waals surface area contributed by atoms with E-state index in [1.165, 1.54) is 17.1 Å². The van der Waals surface area contributed by atoms with Crippen LogP contribution in [0.25, 0.3) is 0 Å². The van der Waals surface area contributed by atoms with Crippen molar-refractivity contribution in [1.82, 2.24) is 19.4 Å². The van der Waals surface area contributed by atoms with Gasteiger partial charge in [-0.15, -0.1) is 0 Å². The SMILES string of the molecule is CCS(=O)(=O)N1CCN(C(=O)NCC(C)(C)N2CCCC(C)C2)CC1. The molecule has 25 heavy (non-hydrogen) atoms. The number of hydrogen-bond donors (Lipinski definition) is 1. The number of nitrogens with zero attached hydrogens (tertiary/aromatic N) is 3. The number of piperazine rings is 1.